The van der Waals surface area contributed by atoms with Crippen LogP contribution in [0.1, 0.15) is 26.3 Å². The van der Waals surface area contributed by atoms with Crippen LogP contribution in [0.2, 0.25) is 0 Å². The summed E-state index contributed by atoms with van der Waals surface area (Å²) in [5, 5.41) is 0. The molecule has 0 radical (unpaired) electrons. The quantitative estimate of drug-likeness (QED) is 0.527. The van der Waals surface area contributed by atoms with Gasteiger partial charge in [-0.05, 0) is 23.8 Å². The van der Waals surface area contributed by atoms with Gasteiger partial charge in [-0.3, -0.25) is 4.98 Å². The zero-order chi connectivity index (χ0) is 17.5. The van der Waals surface area contributed by atoms with E-state index in [0.29, 0.717) is 5.75 Å². The van der Waals surface area contributed by atoms with Crippen LogP contribution in [-0.2, 0) is 11.3 Å². The minimum atomic E-state index is -0.661. The first kappa shape index (κ1) is 16.4. The summed E-state index contributed by atoms with van der Waals surface area (Å²) in [7, 11) is 0. The molecule has 0 aliphatic rings. The number of nitrogens with zero attached hydrogens (tertiary/aromatic N) is 1. The van der Waals surface area contributed by atoms with E-state index in [0.717, 1.165) is 5.56 Å². The van der Waals surface area contributed by atoms with E-state index in [1.54, 1.807) is 24.3 Å². The van der Waals surface area contributed by atoms with Crippen molar-refractivity contribution in [1.29, 1.82) is 0 Å². The average Bonchev–Trinajstić information content (AvgIpc) is 2.67. The fourth-order valence-electron chi connectivity index (χ4n) is 2.19. The number of carbonyl (C=O) groups excluding carboxylic acids is 2. The van der Waals surface area contributed by atoms with Gasteiger partial charge < -0.3 is 9.47 Å². The van der Waals surface area contributed by atoms with Crippen LogP contribution in [0.4, 0.5) is 0 Å². The molecule has 0 saturated heterocycles. The number of hydrogen-bond donors (Lipinski definition) is 0. The number of ether oxygens (including phenoxy) is 2. The Morgan fingerprint density at radius 1 is 0.800 bits per heavy atom. The van der Waals surface area contributed by atoms with E-state index in [2.05, 4.69) is 4.98 Å². The SMILES string of the molecule is O=C(OCc1ccccc1)c1ccncc1C(=O)Oc1ccccc1. The van der Waals surface area contributed by atoms with Crippen molar-refractivity contribution in [2.45, 2.75) is 6.61 Å². The number of benzene rings is 2. The van der Waals surface area contributed by atoms with Crippen LogP contribution in [0.25, 0.3) is 0 Å². The highest BCUT2D eigenvalue weighted by Crippen LogP contribution is 2.15. The van der Waals surface area contributed by atoms with Crippen LogP contribution in [0, 0.1) is 0 Å². The lowest BCUT2D eigenvalue weighted by molar-refractivity contribution is 0.0465. The van der Waals surface area contributed by atoms with Gasteiger partial charge in [-0.15, -0.1) is 0 Å². The Kier molecular flexibility index (Phi) is 5.16. The van der Waals surface area contributed by atoms with E-state index >= 15 is 0 Å². The molecular weight excluding hydrogens is 318 g/mol. The summed E-state index contributed by atoms with van der Waals surface area (Å²) in [5.41, 5.74) is 1.04. The van der Waals surface area contributed by atoms with Gasteiger partial charge in [0.15, 0.2) is 0 Å². The van der Waals surface area contributed by atoms with Crippen molar-refractivity contribution >= 4 is 11.9 Å². The number of pyridine rings is 1. The van der Waals surface area contributed by atoms with Gasteiger partial charge in [0.2, 0.25) is 0 Å². The molecule has 25 heavy (non-hydrogen) atoms. The Morgan fingerprint density at radius 3 is 2.20 bits per heavy atom. The number of aromatic nitrogens is 1. The molecule has 0 aliphatic heterocycles. The number of esters is 2. The Balaban J connectivity index is 1.73. The molecule has 0 saturated carbocycles. The molecule has 0 aliphatic carbocycles. The van der Waals surface area contributed by atoms with E-state index in [1.165, 1.54) is 18.5 Å². The minimum absolute atomic E-state index is 0.0596. The topological polar surface area (TPSA) is 65.5 Å². The maximum absolute atomic E-state index is 12.3. The van der Waals surface area contributed by atoms with Crippen molar-refractivity contribution < 1.29 is 19.1 Å². The molecule has 0 N–H and O–H groups in total. The van der Waals surface area contributed by atoms with Gasteiger partial charge in [-0.2, -0.15) is 0 Å². The zero-order valence-electron chi connectivity index (χ0n) is 13.3. The summed E-state index contributed by atoms with van der Waals surface area (Å²) in [4.78, 5) is 28.6. The molecule has 5 nitrogen and oxygen atoms in total. The third kappa shape index (κ3) is 4.29. The summed E-state index contributed by atoms with van der Waals surface area (Å²) >= 11 is 0. The molecule has 3 aromatic rings. The second-order valence-electron chi connectivity index (χ2n) is 5.19. The van der Waals surface area contributed by atoms with E-state index in [9.17, 15) is 9.59 Å². The van der Waals surface area contributed by atoms with Crippen molar-refractivity contribution in [3.8, 4) is 5.75 Å². The van der Waals surface area contributed by atoms with Gasteiger partial charge in [0, 0.05) is 12.4 Å². The smallest absolute Gasteiger partial charge is 0.345 e. The van der Waals surface area contributed by atoms with Crippen LogP contribution in [0.5, 0.6) is 5.75 Å². The Bertz CT molecular complexity index is 863. The third-order valence-electron chi connectivity index (χ3n) is 3.43. The van der Waals surface area contributed by atoms with E-state index < -0.39 is 11.9 Å². The first-order chi connectivity index (χ1) is 12.2. The summed E-state index contributed by atoms with van der Waals surface area (Å²) in [6.07, 6.45) is 2.72. The lowest BCUT2D eigenvalue weighted by Crippen LogP contribution is -2.16. The second-order valence-corrected chi connectivity index (χ2v) is 5.19. The highest BCUT2D eigenvalue weighted by Gasteiger charge is 2.20. The lowest BCUT2D eigenvalue weighted by atomic mass is 10.1. The molecule has 2 aromatic carbocycles. The third-order valence-corrected chi connectivity index (χ3v) is 3.43. The maximum atomic E-state index is 12.3. The van der Waals surface area contributed by atoms with E-state index in [1.807, 2.05) is 36.4 Å². The second kappa shape index (κ2) is 7.88. The highest BCUT2D eigenvalue weighted by molar-refractivity contribution is 6.03. The van der Waals surface area contributed by atoms with Crippen molar-refractivity contribution in [3.63, 3.8) is 0 Å². The van der Waals surface area contributed by atoms with E-state index in [4.69, 9.17) is 9.47 Å². The fraction of sp³-hybridized carbons (Fsp3) is 0.0500. The number of para-hydroxylation sites is 1. The predicted molar refractivity (Wildman–Crippen MR) is 91.2 cm³/mol. The van der Waals surface area contributed by atoms with Crippen molar-refractivity contribution in [2.75, 3.05) is 0 Å². The molecule has 124 valence electrons. The van der Waals surface area contributed by atoms with Crippen LogP contribution in [0.3, 0.4) is 0 Å². The molecule has 0 amide bonds. The molecule has 1 heterocycles. The zero-order valence-corrected chi connectivity index (χ0v) is 13.3. The van der Waals surface area contributed by atoms with Gasteiger partial charge in [0.05, 0.1) is 11.1 Å². The first-order valence-electron chi connectivity index (χ1n) is 7.66. The summed E-state index contributed by atoms with van der Waals surface area (Å²) < 4.78 is 10.5. The standard InChI is InChI=1S/C20H15NO4/c22-19(24-14-15-7-3-1-4-8-15)17-11-12-21-13-18(17)20(23)25-16-9-5-2-6-10-16/h1-13H,14H2. The van der Waals surface area contributed by atoms with Crippen LogP contribution in [-0.4, -0.2) is 16.9 Å². The molecular formula is C20H15NO4. The molecule has 1 aromatic heterocycles. The van der Waals surface area contributed by atoms with Gasteiger partial charge in [-0.25, -0.2) is 9.59 Å². The highest BCUT2D eigenvalue weighted by atomic mass is 16.5. The Hall–Kier alpha value is -3.47. The summed E-state index contributed by atoms with van der Waals surface area (Å²) in [6.45, 7) is 0.120. The molecule has 3 rings (SSSR count). The normalized spacial score (nSPS) is 10.1. The summed E-state index contributed by atoms with van der Waals surface area (Å²) in [6, 6.07) is 19.4. The largest absolute Gasteiger partial charge is 0.457 e. The van der Waals surface area contributed by atoms with Gasteiger partial charge in [0.1, 0.15) is 12.4 Å². The molecule has 0 fully saturated rings. The Morgan fingerprint density at radius 2 is 1.48 bits per heavy atom. The first-order valence-corrected chi connectivity index (χ1v) is 7.66. The molecule has 0 spiro atoms. The predicted octanol–water partition coefficient (Wildman–Crippen LogP) is 3.66. The van der Waals surface area contributed by atoms with E-state index in [-0.39, 0.29) is 17.7 Å². The molecule has 0 atom stereocenters. The molecule has 0 unspecified atom stereocenters. The fourth-order valence-corrected chi connectivity index (χ4v) is 2.19. The lowest BCUT2D eigenvalue weighted by Gasteiger charge is -2.09. The van der Waals surface area contributed by atoms with Crippen molar-refractivity contribution in [2.24, 2.45) is 0 Å². The van der Waals surface area contributed by atoms with Gasteiger partial charge >= 0.3 is 11.9 Å². The number of carbonyl (C=O) groups is 2. The molecule has 5 heteroatoms. The summed E-state index contributed by atoms with van der Waals surface area (Å²) in [5.74, 6) is -0.878. The maximum Gasteiger partial charge on any atom is 0.345 e. The average molecular weight is 333 g/mol. The Labute approximate surface area is 144 Å². The van der Waals surface area contributed by atoms with Gasteiger partial charge in [0.25, 0.3) is 0 Å². The van der Waals surface area contributed by atoms with Crippen LogP contribution in [0.15, 0.2) is 79.1 Å². The van der Waals surface area contributed by atoms with Gasteiger partial charge in [-0.1, -0.05) is 48.5 Å². The van der Waals surface area contributed by atoms with Crippen LogP contribution >= 0.6 is 0 Å². The minimum Gasteiger partial charge on any atom is -0.457 e. The van der Waals surface area contributed by atoms with Crippen LogP contribution < -0.4 is 4.74 Å². The van der Waals surface area contributed by atoms with Crippen molar-refractivity contribution in [1.82, 2.24) is 4.98 Å². The number of rotatable bonds is 5. The number of hydrogen-bond acceptors (Lipinski definition) is 5. The van der Waals surface area contributed by atoms with Crippen molar-refractivity contribution in [3.05, 3.63) is 95.8 Å². The monoisotopic (exact) mass is 333 g/mol. The molecule has 0 bridgehead atoms.